The number of benzene rings is 2. The molecule has 0 spiro atoms. The van der Waals surface area contributed by atoms with Gasteiger partial charge in [0.2, 0.25) is 0 Å². The summed E-state index contributed by atoms with van der Waals surface area (Å²) in [7, 11) is 0. The fourth-order valence-corrected chi connectivity index (χ4v) is 2.23. The zero-order valence-electron chi connectivity index (χ0n) is 13.1. The van der Waals surface area contributed by atoms with Crippen molar-refractivity contribution < 1.29 is 9.53 Å². The third-order valence-corrected chi connectivity index (χ3v) is 3.49. The van der Waals surface area contributed by atoms with Crippen LogP contribution in [-0.4, -0.2) is 15.9 Å². The van der Waals surface area contributed by atoms with Gasteiger partial charge >= 0.3 is 0 Å². The lowest BCUT2D eigenvalue weighted by atomic mass is 10.1. The van der Waals surface area contributed by atoms with E-state index in [-0.39, 0.29) is 5.91 Å². The van der Waals surface area contributed by atoms with Crippen LogP contribution in [0.3, 0.4) is 0 Å². The molecule has 0 saturated heterocycles. The van der Waals surface area contributed by atoms with E-state index in [1.807, 2.05) is 54.6 Å². The Hall–Kier alpha value is -3.21. The number of nitrogens with one attached hydrogen (secondary N) is 1. The molecule has 3 rings (SSSR count). The van der Waals surface area contributed by atoms with Crippen LogP contribution in [0, 0.1) is 0 Å². The zero-order valence-corrected chi connectivity index (χ0v) is 13.1. The van der Waals surface area contributed by atoms with Crippen molar-refractivity contribution in [3.05, 3.63) is 90.0 Å². The highest BCUT2D eigenvalue weighted by atomic mass is 16.5. The highest BCUT2D eigenvalue weighted by molar-refractivity contribution is 5.91. The summed E-state index contributed by atoms with van der Waals surface area (Å²) in [5, 5.41) is 2.86. The van der Waals surface area contributed by atoms with Crippen LogP contribution in [0.4, 0.5) is 0 Å². The maximum absolute atomic E-state index is 12.1. The lowest BCUT2D eigenvalue weighted by Crippen LogP contribution is -2.24. The number of amides is 1. The molecule has 0 radical (unpaired) electrons. The Kier molecular flexibility index (Phi) is 5.14. The molecule has 24 heavy (non-hydrogen) atoms. The summed E-state index contributed by atoms with van der Waals surface area (Å²) < 4.78 is 5.79. The molecule has 0 fully saturated rings. The van der Waals surface area contributed by atoms with Crippen molar-refractivity contribution in [2.75, 3.05) is 0 Å². The topological polar surface area (TPSA) is 64.1 Å². The molecule has 1 amide bonds. The number of hydrogen-bond donors (Lipinski definition) is 1. The van der Waals surface area contributed by atoms with Crippen LogP contribution in [0.2, 0.25) is 0 Å². The Morgan fingerprint density at radius 3 is 2.46 bits per heavy atom. The number of nitrogens with zero attached hydrogens (tertiary/aromatic N) is 2. The van der Waals surface area contributed by atoms with Gasteiger partial charge in [0.15, 0.2) is 0 Å². The molecule has 0 aliphatic carbocycles. The van der Waals surface area contributed by atoms with Gasteiger partial charge in [0.05, 0.1) is 6.20 Å². The molecule has 1 N–H and O–H groups in total. The van der Waals surface area contributed by atoms with E-state index >= 15 is 0 Å². The molecule has 2 aromatic carbocycles. The minimum absolute atomic E-state index is 0.248. The van der Waals surface area contributed by atoms with Gasteiger partial charge in [-0.3, -0.25) is 9.78 Å². The molecule has 0 aliphatic rings. The molecule has 0 bridgehead atoms. The van der Waals surface area contributed by atoms with Gasteiger partial charge < -0.3 is 10.1 Å². The predicted molar refractivity (Wildman–Crippen MR) is 90.4 cm³/mol. The van der Waals surface area contributed by atoms with Crippen LogP contribution < -0.4 is 10.1 Å². The molecule has 120 valence electrons. The van der Waals surface area contributed by atoms with Crippen LogP contribution in [0.15, 0.2) is 73.2 Å². The normalized spacial score (nSPS) is 10.2. The smallest absolute Gasteiger partial charge is 0.271 e. The van der Waals surface area contributed by atoms with E-state index in [4.69, 9.17) is 4.74 Å². The molecule has 1 heterocycles. The molecule has 0 saturated carbocycles. The van der Waals surface area contributed by atoms with Crippen LogP contribution in [0.1, 0.15) is 21.6 Å². The summed E-state index contributed by atoms with van der Waals surface area (Å²) in [6.45, 7) is 0.852. The minimum atomic E-state index is -0.248. The maximum atomic E-state index is 12.1. The summed E-state index contributed by atoms with van der Waals surface area (Å²) in [5.41, 5.74) is 2.34. The second-order valence-electron chi connectivity index (χ2n) is 5.14. The van der Waals surface area contributed by atoms with Crippen LogP contribution in [0.5, 0.6) is 5.75 Å². The van der Waals surface area contributed by atoms with Crippen LogP contribution >= 0.6 is 0 Å². The van der Waals surface area contributed by atoms with Crippen molar-refractivity contribution in [3.63, 3.8) is 0 Å². The first kappa shape index (κ1) is 15.7. The van der Waals surface area contributed by atoms with Crippen molar-refractivity contribution in [3.8, 4) is 5.75 Å². The van der Waals surface area contributed by atoms with E-state index in [2.05, 4.69) is 15.3 Å². The SMILES string of the molecule is O=C(NCc1ccccc1COc1ccccc1)c1cnccn1. The van der Waals surface area contributed by atoms with E-state index in [9.17, 15) is 4.79 Å². The Morgan fingerprint density at radius 1 is 0.958 bits per heavy atom. The third-order valence-electron chi connectivity index (χ3n) is 3.49. The number of para-hydroxylation sites is 1. The summed E-state index contributed by atoms with van der Waals surface area (Å²) in [6, 6.07) is 17.5. The Bertz CT molecular complexity index is 792. The monoisotopic (exact) mass is 319 g/mol. The van der Waals surface area contributed by atoms with E-state index in [0.29, 0.717) is 18.8 Å². The first-order valence-corrected chi connectivity index (χ1v) is 7.62. The van der Waals surface area contributed by atoms with Gasteiger partial charge in [-0.1, -0.05) is 42.5 Å². The van der Waals surface area contributed by atoms with E-state index in [1.165, 1.54) is 18.6 Å². The fourth-order valence-electron chi connectivity index (χ4n) is 2.23. The third kappa shape index (κ3) is 4.16. The average molecular weight is 319 g/mol. The van der Waals surface area contributed by atoms with Gasteiger partial charge in [0, 0.05) is 18.9 Å². The Labute approximate surface area is 140 Å². The number of carbonyl (C=O) groups is 1. The van der Waals surface area contributed by atoms with Gasteiger partial charge in [-0.05, 0) is 23.3 Å². The lowest BCUT2D eigenvalue weighted by molar-refractivity contribution is 0.0945. The summed E-state index contributed by atoms with van der Waals surface area (Å²) in [4.78, 5) is 20.0. The van der Waals surface area contributed by atoms with Crippen molar-refractivity contribution in [1.82, 2.24) is 15.3 Å². The second-order valence-corrected chi connectivity index (χ2v) is 5.14. The van der Waals surface area contributed by atoms with E-state index < -0.39 is 0 Å². The van der Waals surface area contributed by atoms with Crippen molar-refractivity contribution in [2.24, 2.45) is 0 Å². The van der Waals surface area contributed by atoms with Gasteiger partial charge in [-0.2, -0.15) is 0 Å². The fraction of sp³-hybridized carbons (Fsp3) is 0.105. The number of hydrogen-bond acceptors (Lipinski definition) is 4. The molecule has 5 heteroatoms. The van der Waals surface area contributed by atoms with Gasteiger partial charge in [0.1, 0.15) is 18.1 Å². The summed E-state index contributed by atoms with van der Waals surface area (Å²) >= 11 is 0. The number of rotatable bonds is 6. The van der Waals surface area contributed by atoms with Crippen molar-refractivity contribution in [1.29, 1.82) is 0 Å². The Morgan fingerprint density at radius 2 is 1.71 bits per heavy atom. The first-order valence-electron chi connectivity index (χ1n) is 7.62. The van der Waals surface area contributed by atoms with E-state index in [0.717, 1.165) is 16.9 Å². The van der Waals surface area contributed by atoms with Crippen LogP contribution in [0.25, 0.3) is 0 Å². The largest absolute Gasteiger partial charge is 0.489 e. The van der Waals surface area contributed by atoms with Crippen molar-refractivity contribution >= 4 is 5.91 Å². The van der Waals surface area contributed by atoms with Crippen molar-refractivity contribution in [2.45, 2.75) is 13.2 Å². The molecule has 0 unspecified atom stereocenters. The molecule has 1 aromatic heterocycles. The molecule has 5 nitrogen and oxygen atoms in total. The molecule has 0 atom stereocenters. The van der Waals surface area contributed by atoms with Gasteiger partial charge in [-0.25, -0.2) is 4.98 Å². The predicted octanol–water partition coefficient (Wildman–Crippen LogP) is 2.99. The summed E-state index contributed by atoms with van der Waals surface area (Å²) in [5.74, 6) is 0.567. The number of ether oxygens (including phenoxy) is 1. The molecule has 3 aromatic rings. The number of carbonyl (C=O) groups excluding carboxylic acids is 1. The molecular formula is C19H17N3O2. The van der Waals surface area contributed by atoms with Gasteiger partial charge in [-0.15, -0.1) is 0 Å². The standard InChI is InChI=1S/C19H17N3O2/c23-19(18-13-20-10-11-21-18)22-12-15-6-4-5-7-16(15)14-24-17-8-2-1-3-9-17/h1-11,13H,12,14H2,(H,22,23). The number of aromatic nitrogens is 2. The highest BCUT2D eigenvalue weighted by Crippen LogP contribution is 2.14. The molecular weight excluding hydrogens is 302 g/mol. The summed E-state index contributed by atoms with van der Waals surface area (Å²) in [6.07, 6.45) is 4.48. The van der Waals surface area contributed by atoms with Crippen LogP contribution in [-0.2, 0) is 13.2 Å². The lowest BCUT2D eigenvalue weighted by Gasteiger charge is -2.12. The molecule has 0 aliphatic heterocycles. The quantitative estimate of drug-likeness (QED) is 0.758. The average Bonchev–Trinajstić information content (AvgIpc) is 2.66. The zero-order chi connectivity index (χ0) is 16.6. The second kappa shape index (κ2) is 7.87. The highest BCUT2D eigenvalue weighted by Gasteiger charge is 2.08. The minimum Gasteiger partial charge on any atom is -0.489 e. The van der Waals surface area contributed by atoms with E-state index in [1.54, 1.807) is 0 Å². The Balaban J connectivity index is 1.63. The van der Waals surface area contributed by atoms with Gasteiger partial charge in [0.25, 0.3) is 5.91 Å². The first-order chi connectivity index (χ1) is 11.8. The maximum Gasteiger partial charge on any atom is 0.271 e.